The molecule has 1 aliphatic heterocycles. The summed E-state index contributed by atoms with van der Waals surface area (Å²) in [6.07, 6.45) is 6.13. The van der Waals surface area contributed by atoms with Gasteiger partial charge in [-0.3, -0.25) is 4.99 Å². The molecule has 4 rings (SSSR count). The van der Waals surface area contributed by atoms with Crippen LogP contribution in [0.2, 0.25) is 0 Å². The molecule has 26 heavy (non-hydrogen) atoms. The van der Waals surface area contributed by atoms with Gasteiger partial charge in [-0.15, -0.1) is 0 Å². The van der Waals surface area contributed by atoms with E-state index in [1.165, 1.54) is 42.5 Å². The summed E-state index contributed by atoms with van der Waals surface area (Å²) in [5.74, 6) is 1.88. The molecule has 2 heterocycles. The first kappa shape index (κ1) is 17.1. The Kier molecular flexibility index (Phi) is 4.47. The normalized spacial score (nSPS) is 18.6. The van der Waals surface area contributed by atoms with E-state index < -0.39 is 0 Å². The Bertz CT molecular complexity index is 798. The molecule has 1 aromatic carbocycles. The largest absolute Gasteiger partial charge is 0.361 e. The number of anilines is 1. The number of hydrogen-bond donors (Lipinski definition) is 1. The van der Waals surface area contributed by atoms with Gasteiger partial charge in [0.2, 0.25) is 0 Å². The van der Waals surface area contributed by atoms with Crippen molar-refractivity contribution in [1.82, 2.24) is 10.5 Å². The minimum absolute atomic E-state index is 0.315. The van der Waals surface area contributed by atoms with Crippen LogP contribution in [0.1, 0.15) is 48.3 Å². The first-order valence-corrected chi connectivity index (χ1v) is 9.64. The fraction of sp³-hybridized carbons (Fsp3) is 0.524. The maximum atomic E-state index is 5.27. The molecule has 1 saturated carbocycles. The van der Waals surface area contributed by atoms with Crippen LogP contribution in [0.3, 0.4) is 0 Å². The number of aryl methyl sites for hydroxylation is 2. The lowest BCUT2D eigenvalue weighted by Crippen LogP contribution is -2.44. The Hall–Kier alpha value is -2.30. The molecule has 1 fully saturated rings. The van der Waals surface area contributed by atoms with Crippen LogP contribution in [-0.2, 0) is 11.8 Å². The molecule has 1 aliphatic carbocycles. The molecule has 0 bridgehead atoms. The van der Waals surface area contributed by atoms with Gasteiger partial charge in [-0.05, 0) is 44.7 Å². The third-order valence-corrected chi connectivity index (χ3v) is 6.09. The van der Waals surface area contributed by atoms with Crippen molar-refractivity contribution < 1.29 is 4.52 Å². The van der Waals surface area contributed by atoms with Crippen molar-refractivity contribution >= 4 is 11.6 Å². The van der Waals surface area contributed by atoms with Gasteiger partial charge in [0, 0.05) is 36.8 Å². The quantitative estimate of drug-likeness (QED) is 0.675. The molecule has 1 aromatic heterocycles. The first-order valence-electron chi connectivity index (χ1n) is 9.64. The smallest absolute Gasteiger partial charge is 0.198 e. The monoisotopic (exact) mass is 352 g/mol. The second-order valence-corrected chi connectivity index (χ2v) is 7.62. The Morgan fingerprint density at radius 3 is 2.73 bits per heavy atom. The van der Waals surface area contributed by atoms with Gasteiger partial charge in [-0.2, -0.15) is 0 Å². The average Bonchev–Trinajstić information content (AvgIpc) is 3.34. The van der Waals surface area contributed by atoms with Crippen LogP contribution in [0.4, 0.5) is 5.69 Å². The molecule has 0 radical (unpaired) electrons. The molecule has 0 unspecified atom stereocenters. The molecule has 2 aromatic rings. The summed E-state index contributed by atoms with van der Waals surface area (Å²) in [4.78, 5) is 6.96. The number of aromatic nitrogens is 1. The standard InChI is InChI=1S/C21H28N4O/c1-15-17(16(2)26-24-15)10-13-23-20(22-3)25-14-21(11-6-7-12-21)18-8-4-5-9-19(18)25/h4-5,8-9H,6-7,10-14H2,1-3H3,(H,22,23). The van der Waals surface area contributed by atoms with Crippen molar-refractivity contribution in [2.24, 2.45) is 4.99 Å². The topological polar surface area (TPSA) is 53.7 Å². The molecule has 5 nitrogen and oxygen atoms in total. The molecule has 1 N–H and O–H groups in total. The van der Waals surface area contributed by atoms with Crippen LogP contribution in [-0.4, -0.2) is 31.3 Å². The lowest BCUT2D eigenvalue weighted by Gasteiger charge is -2.26. The maximum absolute atomic E-state index is 5.27. The maximum Gasteiger partial charge on any atom is 0.198 e. The van der Waals surface area contributed by atoms with E-state index >= 15 is 0 Å². The second-order valence-electron chi connectivity index (χ2n) is 7.62. The molecule has 0 saturated heterocycles. The molecular formula is C21H28N4O. The average molecular weight is 352 g/mol. The number of rotatable bonds is 3. The number of fused-ring (bicyclic) bond motifs is 2. The van der Waals surface area contributed by atoms with E-state index in [2.05, 4.69) is 44.6 Å². The lowest BCUT2D eigenvalue weighted by molar-refractivity contribution is 0.392. The summed E-state index contributed by atoms with van der Waals surface area (Å²) in [7, 11) is 1.88. The number of aliphatic imine (C=N–C) groups is 1. The van der Waals surface area contributed by atoms with Crippen LogP contribution in [0.25, 0.3) is 0 Å². The molecular weight excluding hydrogens is 324 g/mol. The highest BCUT2D eigenvalue weighted by atomic mass is 16.5. The fourth-order valence-electron chi connectivity index (χ4n) is 4.75. The van der Waals surface area contributed by atoms with Gasteiger partial charge in [0.25, 0.3) is 0 Å². The summed E-state index contributed by atoms with van der Waals surface area (Å²) >= 11 is 0. The van der Waals surface area contributed by atoms with E-state index in [0.717, 1.165) is 36.9 Å². The zero-order valence-electron chi connectivity index (χ0n) is 16.0. The SMILES string of the molecule is CN=C(NCCc1c(C)noc1C)N1CC2(CCCC2)c2ccccc21. The predicted octanol–water partition coefficient (Wildman–Crippen LogP) is 3.74. The van der Waals surface area contributed by atoms with Gasteiger partial charge >= 0.3 is 0 Å². The third-order valence-electron chi connectivity index (χ3n) is 6.09. The third kappa shape index (κ3) is 2.79. The zero-order valence-corrected chi connectivity index (χ0v) is 16.0. The molecule has 2 aliphatic rings. The summed E-state index contributed by atoms with van der Waals surface area (Å²) in [5, 5.41) is 7.60. The van der Waals surface area contributed by atoms with Crippen LogP contribution in [0.5, 0.6) is 0 Å². The number of guanidine groups is 1. The van der Waals surface area contributed by atoms with Crippen LogP contribution >= 0.6 is 0 Å². The minimum Gasteiger partial charge on any atom is -0.361 e. The van der Waals surface area contributed by atoms with E-state index in [1.54, 1.807) is 0 Å². The molecule has 1 spiro atoms. The fourth-order valence-corrected chi connectivity index (χ4v) is 4.75. The van der Waals surface area contributed by atoms with E-state index in [1.807, 2.05) is 20.9 Å². The van der Waals surface area contributed by atoms with Gasteiger partial charge in [0.15, 0.2) is 5.96 Å². The van der Waals surface area contributed by atoms with Gasteiger partial charge in [0.05, 0.1) is 5.69 Å². The summed E-state index contributed by atoms with van der Waals surface area (Å²) in [5.41, 5.74) is 5.32. The van der Waals surface area contributed by atoms with E-state index in [9.17, 15) is 0 Å². The number of para-hydroxylation sites is 1. The van der Waals surface area contributed by atoms with Crippen molar-refractivity contribution in [2.45, 2.75) is 51.4 Å². The first-order chi connectivity index (χ1) is 12.6. The van der Waals surface area contributed by atoms with Gasteiger partial charge in [-0.25, -0.2) is 0 Å². The molecule has 138 valence electrons. The number of hydrogen-bond acceptors (Lipinski definition) is 3. The van der Waals surface area contributed by atoms with Crippen LogP contribution in [0, 0.1) is 13.8 Å². The van der Waals surface area contributed by atoms with Crippen molar-refractivity contribution in [3.05, 3.63) is 46.8 Å². The lowest BCUT2D eigenvalue weighted by atomic mass is 9.81. The van der Waals surface area contributed by atoms with E-state index in [4.69, 9.17) is 4.52 Å². The second kappa shape index (κ2) is 6.78. The van der Waals surface area contributed by atoms with Gasteiger partial charge in [-0.1, -0.05) is 36.2 Å². The summed E-state index contributed by atoms with van der Waals surface area (Å²) in [6.45, 7) is 5.84. The van der Waals surface area contributed by atoms with Crippen LogP contribution < -0.4 is 10.2 Å². The molecule has 0 atom stereocenters. The highest BCUT2D eigenvalue weighted by Gasteiger charge is 2.45. The van der Waals surface area contributed by atoms with Crippen molar-refractivity contribution in [1.29, 1.82) is 0 Å². The minimum atomic E-state index is 0.315. The zero-order chi connectivity index (χ0) is 18.1. The Morgan fingerprint density at radius 2 is 2.04 bits per heavy atom. The van der Waals surface area contributed by atoms with Crippen molar-refractivity contribution in [2.75, 3.05) is 25.0 Å². The Morgan fingerprint density at radius 1 is 1.27 bits per heavy atom. The number of nitrogens with one attached hydrogen (secondary N) is 1. The van der Waals surface area contributed by atoms with E-state index in [0.29, 0.717) is 5.41 Å². The summed E-state index contributed by atoms with van der Waals surface area (Å²) < 4.78 is 5.27. The number of nitrogens with zero attached hydrogens (tertiary/aromatic N) is 3. The van der Waals surface area contributed by atoms with E-state index in [-0.39, 0.29) is 0 Å². The van der Waals surface area contributed by atoms with Gasteiger partial charge < -0.3 is 14.7 Å². The molecule has 0 amide bonds. The van der Waals surface area contributed by atoms with Crippen molar-refractivity contribution in [3.8, 4) is 0 Å². The highest BCUT2D eigenvalue weighted by Crippen LogP contribution is 2.50. The van der Waals surface area contributed by atoms with Gasteiger partial charge in [0.1, 0.15) is 5.76 Å². The Labute approximate surface area is 155 Å². The predicted molar refractivity (Wildman–Crippen MR) is 105 cm³/mol. The van der Waals surface area contributed by atoms with Crippen LogP contribution in [0.15, 0.2) is 33.8 Å². The number of benzene rings is 1. The summed E-state index contributed by atoms with van der Waals surface area (Å²) in [6, 6.07) is 8.87. The Balaban J connectivity index is 1.51. The van der Waals surface area contributed by atoms with Crippen molar-refractivity contribution in [3.63, 3.8) is 0 Å². The highest BCUT2D eigenvalue weighted by molar-refractivity contribution is 5.98. The molecule has 5 heteroatoms.